The molecule has 0 bridgehead atoms. The molecule has 10 heteroatoms. The molecule has 0 radical (unpaired) electrons. The molecule has 1 heterocycles. The summed E-state index contributed by atoms with van der Waals surface area (Å²) in [4.78, 5) is 14.1. The van der Waals surface area contributed by atoms with Crippen LogP contribution >= 0.6 is 23.4 Å². The number of methoxy groups -OCH3 is 1. The molecule has 0 atom stereocenters. The molecule has 4 rings (SSSR count). The molecule has 1 N–H and O–H groups in total. The number of fused-ring (bicyclic) bond motifs is 1. The van der Waals surface area contributed by atoms with Crippen LogP contribution in [0.1, 0.15) is 0 Å². The highest BCUT2D eigenvalue weighted by atomic mass is 35.5. The number of aromatic nitrogens is 2. The van der Waals surface area contributed by atoms with E-state index in [4.69, 9.17) is 16.3 Å². The maximum Gasteiger partial charge on any atom is 0.328 e. The van der Waals surface area contributed by atoms with Crippen molar-refractivity contribution < 1.29 is 13.2 Å². The first-order valence-electron chi connectivity index (χ1n) is 9.49. The van der Waals surface area contributed by atoms with Crippen molar-refractivity contribution in [2.24, 2.45) is 14.1 Å². The molecule has 166 valence electrons. The van der Waals surface area contributed by atoms with Crippen LogP contribution in [-0.2, 0) is 24.1 Å². The number of ether oxygens (including phenoxy) is 1. The van der Waals surface area contributed by atoms with Gasteiger partial charge in [-0.15, -0.1) is 0 Å². The Balaban J connectivity index is 1.82. The van der Waals surface area contributed by atoms with E-state index in [0.717, 1.165) is 4.90 Å². The molecule has 0 saturated heterocycles. The molecule has 0 amide bonds. The van der Waals surface area contributed by atoms with Crippen molar-refractivity contribution in [2.45, 2.75) is 14.7 Å². The summed E-state index contributed by atoms with van der Waals surface area (Å²) < 4.78 is 37.0. The minimum absolute atomic E-state index is 0.0998. The van der Waals surface area contributed by atoms with E-state index in [2.05, 4.69) is 4.72 Å². The molecule has 0 spiro atoms. The molecule has 0 saturated carbocycles. The highest BCUT2D eigenvalue weighted by molar-refractivity contribution is 7.99. The molecule has 7 nitrogen and oxygen atoms in total. The summed E-state index contributed by atoms with van der Waals surface area (Å²) in [6.07, 6.45) is 0. The van der Waals surface area contributed by atoms with E-state index in [0.29, 0.717) is 32.4 Å². The summed E-state index contributed by atoms with van der Waals surface area (Å²) in [5, 5.41) is 0.607. The predicted octanol–water partition coefficient (Wildman–Crippen LogP) is 4.49. The smallest absolute Gasteiger partial charge is 0.328 e. The maximum absolute atomic E-state index is 13.1. The van der Waals surface area contributed by atoms with Crippen molar-refractivity contribution in [1.29, 1.82) is 0 Å². The third kappa shape index (κ3) is 4.23. The molecule has 0 unspecified atom stereocenters. The maximum atomic E-state index is 13.1. The number of hydrogen-bond donors (Lipinski definition) is 1. The van der Waals surface area contributed by atoms with E-state index < -0.39 is 10.0 Å². The molecule has 0 fully saturated rings. The number of nitrogens with one attached hydrogen (secondary N) is 1. The Hall–Kier alpha value is -2.88. The van der Waals surface area contributed by atoms with Gasteiger partial charge in [0.15, 0.2) is 0 Å². The second-order valence-corrected chi connectivity index (χ2v) is 10.3. The van der Waals surface area contributed by atoms with Gasteiger partial charge in [-0.25, -0.2) is 13.2 Å². The normalized spacial score (nSPS) is 11.6. The van der Waals surface area contributed by atoms with Gasteiger partial charge < -0.3 is 4.74 Å². The van der Waals surface area contributed by atoms with Crippen LogP contribution in [0.5, 0.6) is 5.75 Å². The fourth-order valence-corrected chi connectivity index (χ4v) is 5.46. The predicted molar refractivity (Wildman–Crippen MR) is 128 cm³/mol. The van der Waals surface area contributed by atoms with Crippen LogP contribution in [0.25, 0.3) is 11.0 Å². The highest BCUT2D eigenvalue weighted by Gasteiger charge is 2.20. The Kier molecular flexibility index (Phi) is 5.98. The average molecular weight is 490 g/mol. The zero-order valence-electron chi connectivity index (χ0n) is 17.5. The molecule has 4 aromatic rings. The Morgan fingerprint density at radius 3 is 2.12 bits per heavy atom. The van der Waals surface area contributed by atoms with Crippen molar-refractivity contribution in [1.82, 2.24) is 9.13 Å². The standard InChI is InChI=1S/C22H20ClN3O4S2/c1-25-19-12-18(24-32(28,29)17-10-6-15(30-3)7-11-17)21(13-20(19)26(2)22(25)27)31-16-8-4-14(23)5-9-16/h4-13,24H,1-3H3. The zero-order chi connectivity index (χ0) is 23.0. The SMILES string of the molecule is COc1ccc(S(=O)(=O)Nc2cc3c(cc2Sc2ccc(Cl)cc2)n(C)c(=O)n3C)cc1. The number of imidazole rings is 1. The van der Waals surface area contributed by atoms with Gasteiger partial charge in [0.1, 0.15) is 5.75 Å². The third-order valence-corrected chi connectivity index (χ3v) is 7.73. The van der Waals surface area contributed by atoms with Gasteiger partial charge in [-0.05, 0) is 60.7 Å². The number of benzene rings is 3. The van der Waals surface area contributed by atoms with E-state index in [9.17, 15) is 13.2 Å². The fourth-order valence-electron chi connectivity index (χ4n) is 3.28. The van der Waals surface area contributed by atoms with E-state index in [1.807, 2.05) is 18.2 Å². The first-order chi connectivity index (χ1) is 15.2. The van der Waals surface area contributed by atoms with Crippen LogP contribution in [0.15, 0.2) is 80.1 Å². The molecule has 3 aromatic carbocycles. The van der Waals surface area contributed by atoms with E-state index in [1.54, 1.807) is 44.4 Å². The van der Waals surface area contributed by atoms with Crippen molar-refractivity contribution in [3.05, 3.63) is 76.2 Å². The van der Waals surface area contributed by atoms with Gasteiger partial charge in [-0.2, -0.15) is 0 Å². The summed E-state index contributed by atoms with van der Waals surface area (Å²) >= 11 is 7.36. The van der Waals surface area contributed by atoms with Gasteiger partial charge in [0.05, 0.1) is 28.7 Å². The molecule has 0 aliphatic heterocycles. The number of sulfonamides is 1. The van der Waals surface area contributed by atoms with Crippen LogP contribution in [0.4, 0.5) is 5.69 Å². The van der Waals surface area contributed by atoms with Crippen LogP contribution in [0.2, 0.25) is 5.02 Å². The van der Waals surface area contributed by atoms with Crippen molar-refractivity contribution >= 4 is 50.1 Å². The first-order valence-corrected chi connectivity index (χ1v) is 12.2. The van der Waals surface area contributed by atoms with Gasteiger partial charge in [-0.3, -0.25) is 13.9 Å². The van der Waals surface area contributed by atoms with Crippen LogP contribution in [0, 0.1) is 0 Å². The van der Waals surface area contributed by atoms with Gasteiger partial charge in [0.2, 0.25) is 0 Å². The second kappa shape index (κ2) is 8.57. The first kappa shape index (κ1) is 22.3. The summed E-state index contributed by atoms with van der Waals surface area (Å²) in [5.41, 5.74) is 1.49. The van der Waals surface area contributed by atoms with Gasteiger partial charge in [0, 0.05) is 28.9 Å². The van der Waals surface area contributed by atoms with Crippen LogP contribution in [-0.4, -0.2) is 24.7 Å². The minimum Gasteiger partial charge on any atom is -0.497 e. The van der Waals surface area contributed by atoms with Gasteiger partial charge in [-0.1, -0.05) is 23.4 Å². The Labute approximate surface area is 194 Å². The number of halogens is 1. The quantitative estimate of drug-likeness (QED) is 0.431. The average Bonchev–Trinajstić information content (AvgIpc) is 2.99. The molecule has 32 heavy (non-hydrogen) atoms. The topological polar surface area (TPSA) is 82.3 Å². The number of anilines is 1. The van der Waals surface area contributed by atoms with E-state index in [1.165, 1.54) is 40.1 Å². The summed E-state index contributed by atoms with van der Waals surface area (Å²) in [5.74, 6) is 0.559. The Bertz CT molecular complexity index is 1460. The zero-order valence-corrected chi connectivity index (χ0v) is 19.9. The lowest BCUT2D eigenvalue weighted by Crippen LogP contribution is -2.19. The summed E-state index contributed by atoms with van der Waals surface area (Å²) in [7, 11) is 0.971. The number of aryl methyl sites for hydroxylation is 2. The molecular formula is C22H20ClN3O4S2. The monoisotopic (exact) mass is 489 g/mol. The lowest BCUT2D eigenvalue weighted by molar-refractivity contribution is 0.414. The van der Waals surface area contributed by atoms with Crippen LogP contribution < -0.4 is 15.1 Å². The fraction of sp³-hybridized carbons (Fsp3) is 0.136. The highest BCUT2D eigenvalue weighted by Crippen LogP contribution is 2.37. The lowest BCUT2D eigenvalue weighted by Gasteiger charge is -2.14. The van der Waals surface area contributed by atoms with E-state index >= 15 is 0 Å². The molecule has 0 aliphatic carbocycles. The van der Waals surface area contributed by atoms with Crippen molar-refractivity contribution in [3.8, 4) is 5.75 Å². The van der Waals surface area contributed by atoms with Crippen LogP contribution in [0.3, 0.4) is 0 Å². The second-order valence-electron chi connectivity index (χ2n) is 7.07. The largest absolute Gasteiger partial charge is 0.497 e. The molecule has 1 aromatic heterocycles. The lowest BCUT2D eigenvalue weighted by atomic mass is 10.3. The van der Waals surface area contributed by atoms with Gasteiger partial charge in [0.25, 0.3) is 10.0 Å². The summed E-state index contributed by atoms with van der Waals surface area (Å²) in [6, 6.07) is 16.8. The molecular weight excluding hydrogens is 470 g/mol. The van der Waals surface area contributed by atoms with Crippen molar-refractivity contribution in [2.75, 3.05) is 11.8 Å². The molecule has 0 aliphatic rings. The van der Waals surface area contributed by atoms with E-state index in [-0.39, 0.29) is 10.6 Å². The van der Waals surface area contributed by atoms with Gasteiger partial charge >= 0.3 is 5.69 Å². The Morgan fingerprint density at radius 1 is 0.938 bits per heavy atom. The van der Waals surface area contributed by atoms with Crippen molar-refractivity contribution in [3.63, 3.8) is 0 Å². The minimum atomic E-state index is -3.88. The number of rotatable bonds is 6. The third-order valence-electron chi connectivity index (χ3n) is 5.03. The Morgan fingerprint density at radius 2 is 1.53 bits per heavy atom. The number of nitrogens with zero attached hydrogens (tertiary/aromatic N) is 2. The summed E-state index contributed by atoms with van der Waals surface area (Å²) in [6.45, 7) is 0. The number of hydrogen-bond acceptors (Lipinski definition) is 5.